The van der Waals surface area contributed by atoms with Gasteiger partial charge in [0.25, 0.3) is 5.78 Å². The van der Waals surface area contributed by atoms with Crippen molar-refractivity contribution < 1.29 is 0 Å². The number of rotatable bonds is 2. The lowest BCUT2D eigenvalue weighted by Gasteiger charge is -2.08. The molecule has 0 aliphatic heterocycles. The molecule has 0 atom stereocenters. The van der Waals surface area contributed by atoms with Crippen molar-refractivity contribution in [2.75, 3.05) is 5.32 Å². The molecule has 4 rings (SSSR count). The Morgan fingerprint density at radius 1 is 1.14 bits per heavy atom. The molecule has 0 radical (unpaired) electrons. The number of aromatic nitrogens is 5. The lowest BCUT2D eigenvalue weighted by Crippen LogP contribution is -2.02. The van der Waals surface area contributed by atoms with Gasteiger partial charge in [-0.05, 0) is 38.1 Å². The van der Waals surface area contributed by atoms with Gasteiger partial charge in [0, 0.05) is 34.0 Å². The molecule has 0 aliphatic rings. The molecule has 1 aromatic carbocycles. The Morgan fingerprint density at radius 2 is 2.05 bits per heavy atom. The third-order valence-corrected chi connectivity index (χ3v) is 3.41. The van der Waals surface area contributed by atoms with Crippen LogP contribution in [0, 0.1) is 13.8 Å². The maximum atomic E-state index is 4.34. The molecule has 0 aliphatic carbocycles. The highest BCUT2D eigenvalue weighted by Crippen LogP contribution is 2.23. The van der Waals surface area contributed by atoms with Gasteiger partial charge >= 0.3 is 0 Å². The van der Waals surface area contributed by atoms with Crippen LogP contribution in [0.1, 0.15) is 11.4 Å². The van der Waals surface area contributed by atoms with Gasteiger partial charge in [0.05, 0.1) is 0 Å². The van der Waals surface area contributed by atoms with Crippen LogP contribution in [0.3, 0.4) is 0 Å². The van der Waals surface area contributed by atoms with Crippen LogP contribution in [0.2, 0.25) is 0 Å². The predicted molar refractivity (Wildman–Crippen MR) is 81.8 cm³/mol. The number of nitrogens with zero attached hydrogens (tertiary/aromatic N) is 4. The third-order valence-electron chi connectivity index (χ3n) is 3.41. The lowest BCUT2D eigenvalue weighted by molar-refractivity contribution is 0.937. The van der Waals surface area contributed by atoms with E-state index in [1.165, 1.54) is 11.7 Å². The zero-order valence-electron chi connectivity index (χ0n) is 11.8. The third kappa shape index (κ3) is 2.01. The summed E-state index contributed by atoms with van der Waals surface area (Å²) in [4.78, 5) is 11.8. The van der Waals surface area contributed by atoms with Crippen molar-refractivity contribution in [1.29, 1.82) is 0 Å². The first kappa shape index (κ1) is 11.9. The van der Waals surface area contributed by atoms with E-state index in [1.807, 2.05) is 19.1 Å². The van der Waals surface area contributed by atoms with E-state index < -0.39 is 0 Å². The summed E-state index contributed by atoms with van der Waals surface area (Å²) in [6.45, 7) is 4.00. The minimum absolute atomic E-state index is 0.594. The summed E-state index contributed by atoms with van der Waals surface area (Å²) < 4.78 is 1.69. The number of hydrogen-bond donors (Lipinski definition) is 2. The number of nitrogens with one attached hydrogen (secondary N) is 2. The molecular formula is C15H14N6. The van der Waals surface area contributed by atoms with Crippen LogP contribution in [0.15, 0.2) is 36.7 Å². The molecule has 3 aromatic heterocycles. The molecule has 4 aromatic rings. The Bertz CT molecular complexity index is 949. The highest BCUT2D eigenvalue weighted by atomic mass is 15.3. The van der Waals surface area contributed by atoms with Gasteiger partial charge in [-0.15, -0.1) is 0 Å². The van der Waals surface area contributed by atoms with E-state index in [9.17, 15) is 0 Å². The minimum atomic E-state index is 0.594. The maximum Gasteiger partial charge on any atom is 0.254 e. The molecule has 2 N–H and O–H groups in total. The van der Waals surface area contributed by atoms with E-state index in [0.29, 0.717) is 5.78 Å². The molecule has 0 bridgehead atoms. The molecule has 0 unspecified atom stereocenters. The SMILES string of the molecule is Cc1cc(Nc2ccc3[nH]c(C)cc3c2)n2ncnc2n1. The van der Waals surface area contributed by atoms with Gasteiger partial charge in [-0.25, -0.2) is 4.98 Å². The van der Waals surface area contributed by atoms with Gasteiger partial charge in [-0.1, -0.05) is 0 Å². The van der Waals surface area contributed by atoms with Crippen LogP contribution in [0.5, 0.6) is 0 Å². The summed E-state index contributed by atoms with van der Waals surface area (Å²) >= 11 is 0. The first-order valence-electron chi connectivity index (χ1n) is 6.73. The van der Waals surface area contributed by atoms with Crippen molar-refractivity contribution in [1.82, 2.24) is 24.6 Å². The van der Waals surface area contributed by atoms with Gasteiger partial charge in [0.1, 0.15) is 12.1 Å². The molecule has 0 saturated heterocycles. The predicted octanol–water partition coefficient (Wildman–Crippen LogP) is 2.97. The molecular weight excluding hydrogens is 264 g/mol. The monoisotopic (exact) mass is 278 g/mol. The second-order valence-electron chi connectivity index (χ2n) is 5.13. The quantitative estimate of drug-likeness (QED) is 0.591. The highest BCUT2D eigenvalue weighted by molar-refractivity contribution is 5.84. The summed E-state index contributed by atoms with van der Waals surface area (Å²) in [5, 5.41) is 8.76. The van der Waals surface area contributed by atoms with Gasteiger partial charge in [0.15, 0.2) is 0 Å². The van der Waals surface area contributed by atoms with E-state index in [4.69, 9.17) is 0 Å². The summed E-state index contributed by atoms with van der Waals surface area (Å²) in [5.74, 6) is 1.44. The fourth-order valence-corrected chi connectivity index (χ4v) is 2.52. The zero-order chi connectivity index (χ0) is 14.4. The Hall–Kier alpha value is -2.89. The van der Waals surface area contributed by atoms with Crippen LogP contribution < -0.4 is 5.32 Å². The number of H-pyrrole nitrogens is 1. The van der Waals surface area contributed by atoms with Crippen molar-refractivity contribution in [3.8, 4) is 0 Å². The molecule has 0 spiro atoms. The molecule has 104 valence electrons. The normalized spacial score (nSPS) is 11.3. The largest absolute Gasteiger partial charge is 0.359 e. The van der Waals surface area contributed by atoms with Crippen LogP contribution in [-0.4, -0.2) is 24.6 Å². The van der Waals surface area contributed by atoms with E-state index in [-0.39, 0.29) is 0 Å². The Kier molecular flexibility index (Phi) is 2.44. The van der Waals surface area contributed by atoms with Crippen molar-refractivity contribution in [2.45, 2.75) is 13.8 Å². The number of benzene rings is 1. The molecule has 0 fully saturated rings. The summed E-state index contributed by atoms with van der Waals surface area (Å²) in [5.41, 5.74) is 4.19. The molecule has 0 saturated carbocycles. The number of fused-ring (bicyclic) bond motifs is 2. The fraction of sp³-hybridized carbons (Fsp3) is 0.133. The van der Waals surface area contributed by atoms with Crippen LogP contribution in [0.25, 0.3) is 16.7 Å². The van der Waals surface area contributed by atoms with E-state index in [1.54, 1.807) is 4.52 Å². The van der Waals surface area contributed by atoms with Gasteiger partial charge in [-0.3, -0.25) is 0 Å². The van der Waals surface area contributed by atoms with Crippen LogP contribution in [0.4, 0.5) is 11.5 Å². The van der Waals surface area contributed by atoms with Gasteiger partial charge in [-0.2, -0.15) is 14.6 Å². The first-order chi connectivity index (χ1) is 10.2. The van der Waals surface area contributed by atoms with Crippen molar-refractivity contribution >= 4 is 28.2 Å². The summed E-state index contributed by atoms with van der Waals surface area (Å²) in [7, 11) is 0. The standard InChI is InChI=1S/C15H14N6/c1-9-5-11-7-12(3-4-13(11)18-9)20-14-6-10(2)19-15-16-8-17-21(14)15/h3-8,18,20H,1-2H3. The average Bonchev–Trinajstić information content (AvgIpc) is 3.03. The number of aryl methyl sites for hydroxylation is 2. The summed E-state index contributed by atoms with van der Waals surface area (Å²) in [6, 6.07) is 10.3. The van der Waals surface area contributed by atoms with Crippen molar-refractivity contribution in [3.63, 3.8) is 0 Å². The zero-order valence-corrected chi connectivity index (χ0v) is 11.8. The Balaban J connectivity index is 1.80. The van der Waals surface area contributed by atoms with E-state index >= 15 is 0 Å². The maximum absolute atomic E-state index is 4.34. The van der Waals surface area contributed by atoms with Crippen LogP contribution in [-0.2, 0) is 0 Å². The molecule has 6 heteroatoms. The first-order valence-corrected chi connectivity index (χ1v) is 6.73. The van der Waals surface area contributed by atoms with Crippen molar-refractivity contribution in [3.05, 3.63) is 48.0 Å². The topological polar surface area (TPSA) is 70.9 Å². The van der Waals surface area contributed by atoms with Gasteiger partial charge < -0.3 is 10.3 Å². The van der Waals surface area contributed by atoms with Crippen LogP contribution >= 0.6 is 0 Å². The lowest BCUT2D eigenvalue weighted by atomic mass is 10.2. The molecule has 21 heavy (non-hydrogen) atoms. The number of aromatic amines is 1. The number of anilines is 2. The smallest absolute Gasteiger partial charge is 0.254 e. The fourth-order valence-electron chi connectivity index (χ4n) is 2.52. The van der Waals surface area contributed by atoms with E-state index in [0.717, 1.165) is 28.4 Å². The molecule has 6 nitrogen and oxygen atoms in total. The van der Waals surface area contributed by atoms with E-state index in [2.05, 4.69) is 50.5 Å². The van der Waals surface area contributed by atoms with Gasteiger partial charge in [0.2, 0.25) is 0 Å². The average molecular weight is 278 g/mol. The minimum Gasteiger partial charge on any atom is -0.359 e. The molecule has 3 heterocycles. The highest BCUT2D eigenvalue weighted by Gasteiger charge is 2.06. The Labute approximate surface area is 120 Å². The second kappa shape index (κ2) is 4.31. The Morgan fingerprint density at radius 3 is 2.95 bits per heavy atom. The van der Waals surface area contributed by atoms with Crippen molar-refractivity contribution in [2.24, 2.45) is 0 Å². The molecule has 0 amide bonds. The number of hydrogen-bond acceptors (Lipinski definition) is 4. The second-order valence-corrected chi connectivity index (χ2v) is 5.13. The summed E-state index contributed by atoms with van der Waals surface area (Å²) in [6.07, 6.45) is 1.51.